The zero-order chi connectivity index (χ0) is 15.6. The average Bonchev–Trinajstić information content (AvgIpc) is 2.72. The molecule has 2 rings (SSSR count). The lowest BCUT2D eigenvalue weighted by atomic mass is 9.94. The van der Waals surface area contributed by atoms with Crippen molar-refractivity contribution in [3.63, 3.8) is 0 Å². The van der Waals surface area contributed by atoms with Gasteiger partial charge >= 0.3 is 0 Å². The summed E-state index contributed by atoms with van der Waals surface area (Å²) in [6, 6.07) is 2.86. The maximum atomic E-state index is 4.59. The van der Waals surface area contributed by atoms with E-state index in [2.05, 4.69) is 67.6 Å². The van der Waals surface area contributed by atoms with E-state index in [9.17, 15) is 0 Å². The van der Waals surface area contributed by atoms with Crippen LogP contribution in [0.15, 0.2) is 6.07 Å². The van der Waals surface area contributed by atoms with Crippen LogP contribution in [0.25, 0.3) is 0 Å². The SMILES string of the molecule is CCn1nc(C)cc1CN1CC(C)(C)NCC1CC(C)C. The van der Waals surface area contributed by atoms with Gasteiger partial charge in [0, 0.05) is 37.8 Å². The van der Waals surface area contributed by atoms with Gasteiger partial charge < -0.3 is 5.32 Å². The number of aromatic nitrogens is 2. The minimum atomic E-state index is 0.194. The maximum Gasteiger partial charge on any atom is 0.0597 e. The number of hydrogen-bond donors (Lipinski definition) is 1. The second kappa shape index (κ2) is 6.49. The van der Waals surface area contributed by atoms with Crippen LogP contribution in [0.3, 0.4) is 0 Å². The Bertz CT molecular complexity index is 461. The number of nitrogens with zero attached hydrogens (tertiary/aromatic N) is 3. The highest BCUT2D eigenvalue weighted by Gasteiger charge is 2.33. The van der Waals surface area contributed by atoms with Crippen molar-refractivity contribution in [1.29, 1.82) is 0 Å². The molecule has 0 spiro atoms. The lowest BCUT2D eigenvalue weighted by molar-refractivity contribution is 0.0736. The summed E-state index contributed by atoms with van der Waals surface area (Å²) in [5, 5.41) is 8.29. The second-order valence-corrected chi connectivity index (χ2v) is 7.55. The van der Waals surface area contributed by atoms with Crippen molar-refractivity contribution in [3.8, 4) is 0 Å². The molecular formula is C17H32N4. The number of rotatable bonds is 5. The number of piperazine rings is 1. The molecule has 1 aromatic rings. The number of aryl methyl sites for hydroxylation is 2. The Hall–Kier alpha value is -0.870. The van der Waals surface area contributed by atoms with E-state index in [1.807, 2.05) is 0 Å². The Kier molecular flexibility index (Phi) is 5.10. The molecule has 0 bridgehead atoms. The molecule has 1 saturated heterocycles. The Morgan fingerprint density at radius 2 is 2.14 bits per heavy atom. The van der Waals surface area contributed by atoms with Crippen LogP contribution in [0.1, 0.15) is 52.4 Å². The third-order valence-corrected chi connectivity index (χ3v) is 4.32. The van der Waals surface area contributed by atoms with Crippen LogP contribution in [-0.2, 0) is 13.1 Å². The van der Waals surface area contributed by atoms with Crippen LogP contribution >= 0.6 is 0 Å². The molecule has 1 fully saturated rings. The molecule has 1 aliphatic heterocycles. The van der Waals surface area contributed by atoms with E-state index in [0.717, 1.165) is 37.8 Å². The monoisotopic (exact) mass is 292 g/mol. The standard InChI is InChI=1S/C17H32N4/c1-7-21-16(9-14(4)19-21)11-20-12-17(5,6)18-10-15(20)8-13(2)3/h9,13,15,18H,7-8,10-12H2,1-6H3. The summed E-state index contributed by atoms with van der Waals surface area (Å²) >= 11 is 0. The fourth-order valence-electron chi connectivity index (χ4n) is 3.39. The first kappa shape index (κ1) is 16.5. The van der Waals surface area contributed by atoms with Gasteiger partial charge in [-0.25, -0.2) is 0 Å². The van der Waals surface area contributed by atoms with Crippen molar-refractivity contribution in [2.45, 2.75) is 72.6 Å². The van der Waals surface area contributed by atoms with Crippen LogP contribution in [0, 0.1) is 12.8 Å². The Labute approximate surface area is 129 Å². The Balaban J connectivity index is 2.15. The van der Waals surface area contributed by atoms with Crippen molar-refractivity contribution in [2.24, 2.45) is 5.92 Å². The molecule has 0 radical (unpaired) electrons. The van der Waals surface area contributed by atoms with Gasteiger partial charge in [-0.05, 0) is 46.1 Å². The summed E-state index contributed by atoms with van der Waals surface area (Å²) in [5.41, 5.74) is 2.67. The van der Waals surface area contributed by atoms with E-state index in [1.165, 1.54) is 12.1 Å². The molecule has 1 atom stereocenters. The zero-order valence-corrected chi connectivity index (χ0v) is 14.6. The highest BCUT2D eigenvalue weighted by Crippen LogP contribution is 2.22. The lowest BCUT2D eigenvalue weighted by Crippen LogP contribution is -2.61. The molecule has 0 aliphatic carbocycles. The van der Waals surface area contributed by atoms with Gasteiger partial charge in [0.05, 0.1) is 11.4 Å². The minimum absolute atomic E-state index is 0.194. The van der Waals surface area contributed by atoms with E-state index in [-0.39, 0.29) is 5.54 Å². The highest BCUT2D eigenvalue weighted by molar-refractivity contribution is 5.10. The van der Waals surface area contributed by atoms with Crippen LogP contribution < -0.4 is 5.32 Å². The van der Waals surface area contributed by atoms with E-state index in [4.69, 9.17) is 0 Å². The molecule has 0 amide bonds. The molecule has 1 unspecified atom stereocenters. The van der Waals surface area contributed by atoms with Gasteiger partial charge in [0.1, 0.15) is 0 Å². The summed E-state index contributed by atoms with van der Waals surface area (Å²) < 4.78 is 2.15. The highest BCUT2D eigenvalue weighted by atomic mass is 15.3. The lowest BCUT2D eigenvalue weighted by Gasteiger charge is -2.45. The van der Waals surface area contributed by atoms with Gasteiger partial charge in [0.2, 0.25) is 0 Å². The summed E-state index contributed by atoms with van der Waals surface area (Å²) in [4.78, 5) is 2.65. The first-order chi connectivity index (χ1) is 9.80. The molecule has 4 nitrogen and oxygen atoms in total. The Morgan fingerprint density at radius 3 is 2.76 bits per heavy atom. The number of nitrogens with one attached hydrogen (secondary N) is 1. The van der Waals surface area contributed by atoms with E-state index < -0.39 is 0 Å². The van der Waals surface area contributed by atoms with Crippen LogP contribution in [0.5, 0.6) is 0 Å². The largest absolute Gasteiger partial charge is 0.309 e. The first-order valence-electron chi connectivity index (χ1n) is 8.33. The van der Waals surface area contributed by atoms with Crippen molar-refractivity contribution in [2.75, 3.05) is 13.1 Å². The first-order valence-corrected chi connectivity index (χ1v) is 8.33. The van der Waals surface area contributed by atoms with Gasteiger partial charge in [0.15, 0.2) is 0 Å². The van der Waals surface area contributed by atoms with Gasteiger partial charge in [-0.15, -0.1) is 0 Å². The summed E-state index contributed by atoms with van der Waals surface area (Å²) in [7, 11) is 0. The fraction of sp³-hybridized carbons (Fsp3) is 0.824. The average molecular weight is 292 g/mol. The van der Waals surface area contributed by atoms with Crippen molar-refractivity contribution in [3.05, 3.63) is 17.5 Å². The van der Waals surface area contributed by atoms with Crippen LogP contribution in [0.2, 0.25) is 0 Å². The van der Waals surface area contributed by atoms with Gasteiger partial charge in [-0.2, -0.15) is 5.10 Å². The smallest absolute Gasteiger partial charge is 0.0597 e. The third-order valence-electron chi connectivity index (χ3n) is 4.32. The Morgan fingerprint density at radius 1 is 1.43 bits per heavy atom. The summed E-state index contributed by atoms with van der Waals surface area (Å²) in [5.74, 6) is 0.735. The van der Waals surface area contributed by atoms with Gasteiger partial charge in [0.25, 0.3) is 0 Å². The molecule has 0 aromatic carbocycles. The van der Waals surface area contributed by atoms with E-state index >= 15 is 0 Å². The van der Waals surface area contributed by atoms with Gasteiger partial charge in [-0.3, -0.25) is 9.58 Å². The second-order valence-electron chi connectivity index (χ2n) is 7.55. The van der Waals surface area contributed by atoms with Crippen molar-refractivity contribution < 1.29 is 0 Å². The third kappa shape index (κ3) is 4.30. The van der Waals surface area contributed by atoms with Crippen molar-refractivity contribution >= 4 is 0 Å². The molecular weight excluding hydrogens is 260 g/mol. The quantitative estimate of drug-likeness (QED) is 0.906. The molecule has 1 aromatic heterocycles. The number of hydrogen-bond acceptors (Lipinski definition) is 3. The predicted octanol–water partition coefficient (Wildman–Crippen LogP) is 2.81. The molecule has 120 valence electrons. The molecule has 21 heavy (non-hydrogen) atoms. The molecule has 2 heterocycles. The van der Waals surface area contributed by atoms with Crippen LogP contribution in [-0.4, -0.2) is 39.4 Å². The summed E-state index contributed by atoms with van der Waals surface area (Å²) in [6.45, 7) is 17.6. The fourth-order valence-corrected chi connectivity index (χ4v) is 3.39. The normalized spacial score (nSPS) is 22.9. The molecule has 1 aliphatic rings. The predicted molar refractivity (Wildman–Crippen MR) is 88.4 cm³/mol. The van der Waals surface area contributed by atoms with E-state index in [1.54, 1.807) is 0 Å². The van der Waals surface area contributed by atoms with E-state index in [0.29, 0.717) is 6.04 Å². The molecule has 1 N–H and O–H groups in total. The maximum absolute atomic E-state index is 4.59. The van der Waals surface area contributed by atoms with Crippen molar-refractivity contribution in [1.82, 2.24) is 20.0 Å². The van der Waals surface area contributed by atoms with Gasteiger partial charge in [-0.1, -0.05) is 13.8 Å². The minimum Gasteiger partial charge on any atom is -0.309 e. The molecule has 4 heteroatoms. The summed E-state index contributed by atoms with van der Waals surface area (Å²) in [6.07, 6.45) is 1.25. The van der Waals surface area contributed by atoms with Crippen LogP contribution in [0.4, 0.5) is 0 Å². The topological polar surface area (TPSA) is 33.1 Å². The zero-order valence-electron chi connectivity index (χ0n) is 14.6. The molecule has 0 saturated carbocycles.